The summed E-state index contributed by atoms with van der Waals surface area (Å²) in [6.07, 6.45) is 1.71. The standard InChI is InChI=1S/C13H14N2O3/c1-8-7-14-15(2)12(8)9-5-4-6-10(18-3)11(9)13(16)17/h4-7H,1-3H3,(H,16,17). The van der Waals surface area contributed by atoms with Crippen LogP contribution >= 0.6 is 0 Å². The van der Waals surface area contributed by atoms with Gasteiger partial charge in [0.05, 0.1) is 19.0 Å². The van der Waals surface area contributed by atoms with Crippen molar-refractivity contribution in [1.82, 2.24) is 9.78 Å². The van der Waals surface area contributed by atoms with E-state index in [1.54, 1.807) is 36.1 Å². The lowest BCUT2D eigenvalue weighted by Crippen LogP contribution is -2.05. The van der Waals surface area contributed by atoms with Gasteiger partial charge in [0.2, 0.25) is 0 Å². The minimum atomic E-state index is -1.01. The van der Waals surface area contributed by atoms with Gasteiger partial charge in [-0.15, -0.1) is 0 Å². The van der Waals surface area contributed by atoms with Gasteiger partial charge in [0.25, 0.3) is 0 Å². The molecule has 1 aromatic heterocycles. The number of hydrogen-bond acceptors (Lipinski definition) is 3. The molecule has 0 unspecified atom stereocenters. The van der Waals surface area contributed by atoms with E-state index in [1.807, 2.05) is 6.92 Å². The van der Waals surface area contributed by atoms with Gasteiger partial charge < -0.3 is 9.84 Å². The first-order valence-corrected chi connectivity index (χ1v) is 5.45. The van der Waals surface area contributed by atoms with Crippen LogP contribution in [0.15, 0.2) is 24.4 Å². The van der Waals surface area contributed by atoms with E-state index < -0.39 is 5.97 Å². The van der Waals surface area contributed by atoms with Gasteiger partial charge in [0.15, 0.2) is 0 Å². The first kappa shape index (κ1) is 12.2. The molecule has 0 atom stereocenters. The number of benzene rings is 1. The van der Waals surface area contributed by atoms with E-state index in [4.69, 9.17) is 4.74 Å². The fraction of sp³-hybridized carbons (Fsp3) is 0.231. The average molecular weight is 246 g/mol. The molecule has 1 aromatic carbocycles. The molecule has 0 bridgehead atoms. The van der Waals surface area contributed by atoms with Gasteiger partial charge in [-0.05, 0) is 18.6 Å². The lowest BCUT2D eigenvalue weighted by molar-refractivity contribution is 0.0694. The first-order chi connectivity index (χ1) is 8.56. The third-order valence-electron chi connectivity index (χ3n) is 2.84. The third kappa shape index (κ3) is 1.84. The normalized spacial score (nSPS) is 10.4. The Kier molecular flexibility index (Phi) is 3.06. The number of nitrogens with zero attached hydrogens (tertiary/aromatic N) is 2. The van der Waals surface area contributed by atoms with Crippen molar-refractivity contribution in [1.29, 1.82) is 0 Å². The molecule has 0 saturated carbocycles. The summed E-state index contributed by atoms with van der Waals surface area (Å²) in [5, 5.41) is 13.5. The Morgan fingerprint density at radius 3 is 2.67 bits per heavy atom. The number of carboxylic acid groups (broad SMARTS) is 1. The minimum absolute atomic E-state index is 0.159. The van der Waals surface area contributed by atoms with Crippen LogP contribution in [0.3, 0.4) is 0 Å². The molecule has 94 valence electrons. The molecule has 0 saturated heterocycles. The van der Waals surface area contributed by atoms with Crippen molar-refractivity contribution < 1.29 is 14.6 Å². The Morgan fingerprint density at radius 2 is 2.17 bits per heavy atom. The molecule has 0 aliphatic carbocycles. The quantitative estimate of drug-likeness (QED) is 0.900. The van der Waals surface area contributed by atoms with Gasteiger partial charge in [0.1, 0.15) is 11.3 Å². The van der Waals surface area contributed by atoms with Crippen molar-refractivity contribution in [2.75, 3.05) is 7.11 Å². The smallest absolute Gasteiger partial charge is 0.340 e. The van der Waals surface area contributed by atoms with Crippen LogP contribution in [0.1, 0.15) is 15.9 Å². The van der Waals surface area contributed by atoms with Gasteiger partial charge in [0, 0.05) is 12.6 Å². The Bertz CT molecular complexity index is 583. The summed E-state index contributed by atoms with van der Waals surface area (Å²) in [6.45, 7) is 1.90. The Morgan fingerprint density at radius 1 is 1.44 bits per heavy atom. The molecular formula is C13H14N2O3. The van der Waals surface area contributed by atoms with E-state index in [0.717, 1.165) is 11.3 Å². The number of rotatable bonds is 3. The molecule has 5 nitrogen and oxygen atoms in total. The molecule has 0 amide bonds. The average Bonchev–Trinajstić information content (AvgIpc) is 2.67. The van der Waals surface area contributed by atoms with Crippen molar-refractivity contribution in [3.8, 4) is 17.0 Å². The molecule has 0 aliphatic rings. The number of aryl methyl sites for hydroxylation is 2. The van der Waals surface area contributed by atoms with E-state index in [0.29, 0.717) is 11.3 Å². The maximum absolute atomic E-state index is 11.4. The Labute approximate surface area is 105 Å². The van der Waals surface area contributed by atoms with Crippen LogP contribution in [0.2, 0.25) is 0 Å². The Hall–Kier alpha value is -2.30. The van der Waals surface area contributed by atoms with E-state index in [9.17, 15) is 9.90 Å². The van der Waals surface area contributed by atoms with Crippen LogP contribution in [0.5, 0.6) is 5.75 Å². The minimum Gasteiger partial charge on any atom is -0.496 e. The maximum Gasteiger partial charge on any atom is 0.340 e. The molecule has 0 spiro atoms. The first-order valence-electron chi connectivity index (χ1n) is 5.45. The maximum atomic E-state index is 11.4. The summed E-state index contributed by atoms with van der Waals surface area (Å²) in [7, 11) is 3.25. The topological polar surface area (TPSA) is 64.4 Å². The van der Waals surface area contributed by atoms with Crippen molar-refractivity contribution >= 4 is 5.97 Å². The molecule has 0 fully saturated rings. The molecule has 1 N–H and O–H groups in total. The highest BCUT2D eigenvalue weighted by Gasteiger charge is 2.20. The highest BCUT2D eigenvalue weighted by atomic mass is 16.5. The molecular weight excluding hydrogens is 232 g/mol. The molecule has 0 aliphatic heterocycles. The van der Waals surface area contributed by atoms with Crippen molar-refractivity contribution in [3.63, 3.8) is 0 Å². The SMILES string of the molecule is COc1cccc(-c2c(C)cnn2C)c1C(=O)O. The number of aromatic carboxylic acids is 1. The number of ether oxygens (including phenoxy) is 1. The lowest BCUT2D eigenvalue weighted by atomic mass is 10.0. The highest BCUT2D eigenvalue weighted by Crippen LogP contribution is 2.32. The van der Waals surface area contributed by atoms with E-state index in [-0.39, 0.29) is 5.56 Å². The van der Waals surface area contributed by atoms with Gasteiger partial charge in [-0.25, -0.2) is 4.79 Å². The third-order valence-corrected chi connectivity index (χ3v) is 2.84. The van der Waals surface area contributed by atoms with Gasteiger partial charge in [-0.2, -0.15) is 5.10 Å². The van der Waals surface area contributed by atoms with E-state index in [1.165, 1.54) is 7.11 Å². The highest BCUT2D eigenvalue weighted by molar-refractivity contribution is 5.98. The van der Waals surface area contributed by atoms with Crippen LogP contribution in [0, 0.1) is 6.92 Å². The van der Waals surface area contributed by atoms with E-state index >= 15 is 0 Å². The molecule has 18 heavy (non-hydrogen) atoms. The van der Waals surface area contributed by atoms with Crippen LogP contribution in [0.4, 0.5) is 0 Å². The number of methoxy groups -OCH3 is 1. The molecule has 5 heteroatoms. The van der Waals surface area contributed by atoms with Gasteiger partial charge in [-0.1, -0.05) is 12.1 Å². The second kappa shape index (κ2) is 4.52. The molecule has 2 rings (SSSR count). The zero-order chi connectivity index (χ0) is 13.3. The lowest BCUT2D eigenvalue weighted by Gasteiger charge is -2.11. The van der Waals surface area contributed by atoms with Crippen LogP contribution in [-0.4, -0.2) is 28.0 Å². The summed E-state index contributed by atoms with van der Waals surface area (Å²) < 4.78 is 6.78. The summed E-state index contributed by atoms with van der Waals surface area (Å²) in [5.41, 5.74) is 2.48. The second-order valence-electron chi connectivity index (χ2n) is 3.99. The van der Waals surface area contributed by atoms with Crippen molar-refractivity contribution in [2.45, 2.75) is 6.92 Å². The van der Waals surface area contributed by atoms with Crippen molar-refractivity contribution in [2.24, 2.45) is 7.05 Å². The zero-order valence-electron chi connectivity index (χ0n) is 10.5. The van der Waals surface area contributed by atoms with Gasteiger partial charge >= 0.3 is 5.97 Å². The number of carbonyl (C=O) groups is 1. The summed E-state index contributed by atoms with van der Waals surface area (Å²) >= 11 is 0. The molecule has 1 heterocycles. The zero-order valence-corrected chi connectivity index (χ0v) is 10.5. The second-order valence-corrected chi connectivity index (χ2v) is 3.99. The summed E-state index contributed by atoms with van der Waals surface area (Å²) in [5.74, 6) is -0.663. The summed E-state index contributed by atoms with van der Waals surface area (Å²) in [4.78, 5) is 11.4. The number of carboxylic acids is 1. The largest absolute Gasteiger partial charge is 0.496 e. The Balaban J connectivity index is 2.76. The fourth-order valence-corrected chi connectivity index (χ4v) is 2.05. The van der Waals surface area contributed by atoms with Crippen molar-refractivity contribution in [3.05, 3.63) is 35.5 Å². The van der Waals surface area contributed by atoms with Crippen LogP contribution in [-0.2, 0) is 7.05 Å². The van der Waals surface area contributed by atoms with Crippen LogP contribution < -0.4 is 4.74 Å². The predicted octanol–water partition coefficient (Wildman–Crippen LogP) is 2.10. The van der Waals surface area contributed by atoms with Crippen LogP contribution in [0.25, 0.3) is 11.3 Å². The number of hydrogen-bond donors (Lipinski definition) is 1. The fourth-order valence-electron chi connectivity index (χ4n) is 2.05. The molecule has 2 aromatic rings. The summed E-state index contributed by atoms with van der Waals surface area (Å²) in [6, 6.07) is 5.17. The predicted molar refractivity (Wildman–Crippen MR) is 66.9 cm³/mol. The van der Waals surface area contributed by atoms with E-state index in [2.05, 4.69) is 5.10 Å². The monoisotopic (exact) mass is 246 g/mol. The van der Waals surface area contributed by atoms with Gasteiger partial charge in [-0.3, -0.25) is 4.68 Å². The number of aromatic nitrogens is 2. The molecule has 0 radical (unpaired) electrons.